The van der Waals surface area contributed by atoms with Gasteiger partial charge in [0.25, 0.3) is 0 Å². The average molecular weight is 352 g/mol. The molecule has 0 aliphatic carbocycles. The van der Waals surface area contributed by atoms with Crippen LogP contribution in [0.2, 0.25) is 0 Å². The highest BCUT2D eigenvalue weighted by atomic mass is 32.2. The highest BCUT2D eigenvalue weighted by Gasteiger charge is 2.11. The van der Waals surface area contributed by atoms with Crippen molar-refractivity contribution in [1.29, 1.82) is 0 Å². The van der Waals surface area contributed by atoms with Gasteiger partial charge in [0.2, 0.25) is 0 Å². The predicted octanol–water partition coefficient (Wildman–Crippen LogP) is 3.28. The average Bonchev–Trinajstić information content (AvgIpc) is 3.20. The van der Waals surface area contributed by atoms with E-state index in [-0.39, 0.29) is 5.76 Å². The molecule has 0 saturated heterocycles. The van der Waals surface area contributed by atoms with Gasteiger partial charge < -0.3 is 4.42 Å². The van der Waals surface area contributed by atoms with Crippen LogP contribution in [0, 0.1) is 6.92 Å². The lowest BCUT2D eigenvalue weighted by molar-refractivity contribution is 0.514. The zero-order valence-electron chi connectivity index (χ0n) is 13.6. The molecule has 0 spiro atoms. The summed E-state index contributed by atoms with van der Waals surface area (Å²) in [7, 11) is 0. The summed E-state index contributed by atoms with van der Waals surface area (Å²) in [5.41, 5.74) is 3.64. The van der Waals surface area contributed by atoms with Crippen LogP contribution in [0.4, 0.5) is 0 Å². The predicted molar refractivity (Wildman–Crippen MR) is 97.3 cm³/mol. The topological polar surface area (TPSA) is 65.8 Å². The molecule has 6 nitrogen and oxygen atoms in total. The minimum atomic E-state index is -0.331. The summed E-state index contributed by atoms with van der Waals surface area (Å²) in [4.78, 5) is 12.0. The van der Waals surface area contributed by atoms with Gasteiger partial charge in [-0.15, -0.1) is 10.2 Å². The Labute approximate surface area is 148 Å². The molecule has 2 aromatic carbocycles. The Bertz CT molecular complexity index is 1080. The summed E-state index contributed by atoms with van der Waals surface area (Å²) in [6.45, 7) is 2.60. The van der Waals surface area contributed by atoms with E-state index in [0.29, 0.717) is 17.9 Å². The number of rotatable bonds is 5. The number of hydrogen-bond acceptors (Lipinski definition) is 5. The minimum absolute atomic E-state index is 0.331. The van der Waals surface area contributed by atoms with Crippen LogP contribution in [0.1, 0.15) is 5.56 Å². The molecule has 2 heterocycles. The maximum absolute atomic E-state index is 12.0. The zero-order chi connectivity index (χ0) is 17.2. The molecule has 0 bridgehead atoms. The van der Waals surface area contributed by atoms with Crippen molar-refractivity contribution in [3.8, 4) is 5.69 Å². The first-order valence-corrected chi connectivity index (χ1v) is 8.90. The Morgan fingerprint density at radius 3 is 2.80 bits per heavy atom. The molecule has 0 atom stereocenters. The van der Waals surface area contributed by atoms with Gasteiger partial charge in [-0.2, -0.15) is 0 Å². The lowest BCUT2D eigenvalue weighted by Gasteiger charge is -2.09. The summed E-state index contributed by atoms with van der Waals surface area (Å²) in [5, 5.41) is 9.03. The molecule has 4 aromatic rings. The SMILES string of the molecule is Cc1ccccc1-n1cnnc1SCCn1c(=O)oc2ccccc21. The number of para-hydroxylation sites is 3. The van der Waals surface area contributed by atoms with E-state index >= 15 is 0 Å². The van der Waals surface area contributed by atoms with Gasteiger partial charge in [-0.1, -0.05) is 42.1 Å². The third-order valence-electron chi connectivity index (χ3n) is 4.01. The number of aryl methyl sites for hydroxylation is 2. The van der Waals surface area contributed by atoms with Crippen molar-refractivity contribution in [2.45, 2.75) is 18.6 Å². The van der Waals surface area contributed by atoms with Crippen molar-refractivity contribution >= 4 is 22.9 Å². The second kappa shape index (κ2) is 6.60. The van der Waals surface area contributed by atoms with Crippen LogP contribution in [-0.2, 0) is 6.54 Å². The van der Waals surface area contributed by atoms with E-state index in [9.17, 15) is 4.79 Å². The fourth-order valence-electron chi connectivity index (χ4n) is 2.78. The van der Waals surface area contributed by atoms with Crippen molar-refractivity contribution in [2.75, 3.05) is 5.75 Å². The molecule has 0 N–H and O–H groups in total. The van der Waals surface area contributed by atoms with Crippen LogP contribution in [0.15, 0.2) is 69.2 Å². The van der Waals surface area contributed by atoms with E-state index in [2.05, 4.69) is 23.2 Å². The fourth-order valence-corrected chi connectivity index (χ4v) is 3.62. The van der Waals surface area contributed by atoms with Gasteiger partial charge in [-0.3, -0.25) is 9.13 Å². The first kappa shape index (κ1) is 15.7. The summed E-state index contributed by atoms with van der Waals surface area (Å²) in [6.07, 6.45) is 1.71. The Balaban J connectivity index is 1.53. The highest BCUT2D eigenvalue weighted by molar-refractivity contribution is 7.99. The Morgan fingerprint density at radius 1 is 1.12 bits per heavy atom. The number of aromatic nitrogens is 4. The van der Waals surface area contributed by atoms with E-state index in [1.54, 1.807) is 28.7 Å². The summed E-state index contributed by atoms with van der Waals surface area (Å²) >= 11 is 1.56. The molecule has 0 amide bonds. The molecule has 0 fully saturated rings. The molecule has 0 aliphatic rings. The summed E-state index contributed by atoms with van der Waals surface area (Å²) in [6, 6.07) is 15.5. The number of thioether (sulfide) groups is 1. The Hall–Kier alpha value is -2.80. The van der Waals surface area contributed by atoms with E-state index in [1.807, 2.05) is 41.0 Å². The number of nitrogens with zero attached hydrogens (tertiary/aromatic N) is 4. The maximum atomic E-state index is 12.0. The summed E-state index contributed by atoms with van der Waals surface area (Å²) < 4.78 is 8.88. The lowest BCUT2D eigenvalue weighted by atomic mass is 10.2. The van der Waals surface area contributed by atoms with Crippen molar-refractivity contribution in [1.82, 2.24) is 19.3 Å². The second-order valence-electron chi connectivity index (χ2n) is 5.61. The van der Waals surface area contributed by atoms with Gasteiger partial charge in [0.1, 0.15) is 6.33 Å². The molecule has 0 saturated carbocycles. The van der Waals surface area contributed by atoms with E-state index < -0.39 is 0 Å². The highest BCUT2D eigenvalue weighted by Crippen LogP contribution is 2.22. The van der Waals surface area contributed by atoms with Crippen LogP contribution in [0.25, 0.3) is 16.8 Å². The monoisotopic (exact) mass is 352 g/mol. The van der Waals surface area contributed by atoms with Crippen molar-refractivity contribution in [3.05, 3.63) is 71.0 Å². The number of fused-ring (bicyclic) bond motifs is 1. The standard InChI is InChI=1S/C18H16N4O2S/c1-13-6-2-3-7-14(13)22-12-19-20-17(22)25-11-10-21-15-8-4-5-9-16(15)24-18(21)23/h2-9,12H,10-11H2,1H3. The van der Waals surface area contributed by atoms with Crippen LogP contribution in [0.3, 0.4) is 0 Å². The molecule has 25 heavy (non-hydrogen) atoms. The quantitative estimate of drug-likeness (QED) is 0.516. The van der Waals surface area contributed by atoms with Crippen molar-refractivity contribution < 1.29 is 4.42 Å². The molecule has 126 valence electrons. The fraction of sp³-hybridized carbons (Fsp3) is 0.167. The van der Waals surface area contributed by atoms with Gasteiger partial charge in [0.15, 0.2) is 10.7 Å². The van der Waals surface area contributed by atoms with Gasteiger partial charge >= 0.3 is 5.76 Å². The van der Waals surface area contributed by atoms with Gasteiger partial charge in [-0.25, -0.2) is 4.79 Å². The molecule has 0 unspecified atom stereocenters. The lowest BCUT2D eigenvalue weighted by Crippen LogP contribution is -2.15. The Kier molecular flexibility index (Phi) is 4.15. The molecule has 0 aliphatic heterocycles. The summed E-state index contributed by atoms with van der Waals surface area (Å²) in [5.74, 6) is 0.357. The molecule has 0 radical (unpaired) electrons. The minimum Gasteiger partial charge on any atom is -0.408 e. The third kappa shape index (κ3) is 2.98. The van der Waals surface area contributed by atoms with Crippen LogP contribution < -0.4 is 5.76 Å². The van der Waals surface area contributed by atoms with Gasteiger partial charge in [0, 0.05) is 12.3 Å². The first-order chi connectivity index (χ1) is 12.2. The molecule has 7 heteroatoms. The van der Waals surface area contributed by atoms with Crippen LogP contribution in [0.5, 0.6) is 0 Å². The van der Waals surface area contributed by atoms with Crippen LogP contribution in [-0.4, -0.2) is 25.1 Å². The molecule has 4 rings (SSSR count). The van der Waals surface area contributed by atoms with Crippen molar-refractivity contribution in [3.63, 3.8) is 0 Å². The largest absolute Gasteiger partial charge is 0.419 e. The molecule has 2 aromatic heterocycles. The van der Waals surface area contributed by atoms with E-state index in [0.717, 1.165) is 21.9 Å². The van der Waals surface area contributed by atoms with E-state index in [4.69, 9.17) is 4.42 Å². The zero-order valence-corrected chi connectivity index (χ0v) is 14.4. The smallest absolute Gasteiger partial charge is 0.408 e. The maximum Gasteiger partial charge on any atom is 0.419 e. The van der Waals surface area contributed by atoms with Crippen molar-refractivity contribution in [2.24, 2.45) is 0 Å². The number of hydrogen-bond donors (Lipinski definition) is 0. The Morgan fingerprint density at radius 2 is 1.92 bits per heavy atom. The number of benzene rings is 2. The van der Waals surface area contributed by atoms with Gasteiger partial charge in [0.05, 0.1) is 11.2 Å². The second-order valence-corrected chi connectivity index (χ2v) is 6.67. The first-order valence-electron chi connectivity index (χ1n) is 7.91. The number of oxazole rings is 1. The molecular formula is C18H16N4O2S. The normalized spacial score (nSPS) is 11.2. The van der Waals surface area contributed by atoms with Gasteiger partial charge in [-0.05, 0) is 30.7 Å². The van der Waals surface area contributed by atoms with E-state index in [1.165, 1.54) is 0 Å². The molecular weight excluding hydrogens is 336 g/mol. The third-order valence-corrected chi connectivity index (χ3v) is 4.93. The van der Waals surface area contributed by atoms with Crippen LogP contribution >= 0.6 is 11.8 Å².